The van der Waals surface area contributed by atoms with Crippen LogP contribution in [0.1, 0.15) is 52.0 Å². The number of amides is 3. The second-order valence-electron chi connectivity index (χ2n) is 7.68. The molecule has 166 valence electrons. The van der Waals surface area contributed by atoms with Gasteiger partial charge in [-0.2, -0.15) is 11.8 Å². The Hall–Kier alpha value is -3.20. The third kappa shape index (κ3) is 4.25. The summed E-state index contributed by atoms with van der Waals surface area (Å²) in [6.45, 7) is 0.184. The van der Waals surface area contributed by atoms with Gasteiger partial charge in [-0.05, 0) is 49.1 Å². The van der Waals surface area contributed by atoms with Crippen LogP contribution in [0.3, 0.4) is 0 Å². The van der Waals surface area contributed by atoms with Crippen LogP contribution < -0.4 is 5.32 Å². The van der Waals surface area contributed by atoms with Gasteiger partial charge in [-0.1, -0.05) is 12.1 Å². The third-order valence-corrected chi connectivity index (χ3v) is 6.24. The molecule has 2 aromatic heterocycles. The molecule has 0 spiro atoms. The fourth-order valence-electron chi connectivity index (χ4n) is 3.96. The monoisotopic (exact) mass is 451 g/mol. The molecular weight excluding hydrogens is 426 g/mol. The molecule has 9 heteroatoms. The molecule has 0 saturated carbocycles. The normalized spacial score (nSPS) is 14.1. The minimum Gasteiger partial charge on any atom is -0.346 e. The van der Waals surface area contributed by atoms with Gasteiger partial charge in [-0.15, -0.1) is 0 Å². The van der Waals surface area contributed by atoms with Crippen LogP contribution in [0, 0.1) is 0 Å². The van der Waals surface area contributed by atoms with Crippen LogP contribution in [0.4, 0.5) is 0 Å². The molecular formula is C23H25N5O3S. The summed E-state index contributed by atoms with van der Waals surface area (Å²) in [6, 6.07) is 10.9. The second kappa shape index (κ2) is 9.52. The number of para-hydroxylation sites is 2. The van der Waals surface area contributed by atoms with Crippen LogP contribution in [-0.4, -0.2) is 55.7 Å². The van der Waals surface area contributed by atoms with Crippen molar-refractivity contribution < 1.29 is 14.4 Å². The van der Waals surface area contributed by atoms with Crippen LogP contribution in [-0.2, 0) is 11.8 Å². The average molecular weight is 452 g/mol. The fourth-order valence-corrected chi connectivity index (χ4v) is 4.43. The molecule has 0 fully saturated rings. The highest BCUT2D eigenvalue weighted by Crippen LogP contribution is 2.24. The van der Waals surface area contributed by atoms with Crippen molar-refractivity contribution in [3.05, 3.63) is 59.7 Å². The van der Waals surface area contributed by atoms with Gasteiger partial charge in [0, 0.05) is 26.2 Å². The Bertz CT molecular complexity index is 1140. The highest BCUT2D eigenvalue weighted by molar-refractivity contribution is 7.98. The zero-order valence-corrected chi connectivity index (χ0v) is 18.9. The van der Waals surface area contributed by atoms with Crippen molar-refractivity contribution in [2.75, 3.05) is 18.6 Å². The molecule has 1 N–H and O–H groups in total. The van der Waals surface area contributed by atoms with Gasteiger partial charge in [0.2, 0.25) is 5.91 Å². The predicted octanol–water partition coefficient (Wildman–Crippen LogP) is 2.96. The number of benzene rings is 1. The van der Waals surface area contributed by atoms with Crippen molar-refractivity contribution in [1.29, 1.82) is 0 Å². The minimum atomic E-state index is -0.399. The van der Waals surface area contributed by atoms with Crippen LogP contribution >= 0.6 is 11.8 Å². The number of hydrogen-bond acceptors (Lipinski definition) is 6. The van der Waals surface area contributed by atoms with Gasteiger partial charge in [0.25, 0.3) is 11.8 Å². The Kier molecular flexibility index (Phi) is 6.55. The van der Waals surface area contributed by atoms with Crippen molar-refractivity contribution in [3.63, 3.8) is 0 Å². The van der Waals surface area contributed by atoms with E-state index in [0.29, 0.717) is 12.0 Å². The van der Waals surface area contributed by atoms with Gasteiger partial charge in [0.05, 0.1) is 22.6 Å². The van der Waals surface area contributed by atoms with Gasteiger partial charge in [0.1, 0.15) is 11.5 Å². The molecule has 0 bridgehead atoms. The van der Waals surface area contributed by atoms with Crippen molar-refractivity contribution in [1.82, 2.24) is 24.8 Å². The van der Waals surface area contributed by atoms with Gasteiger partial charge < -0.3 is 9.88 Å². The average Bonchev–Trinajstić information content (AvgIpc) is 3.26. The summed E-state index contributed by atoms with van der Waals surface area (Å²) in [5, 5.41) is 3.10. The third-order valence-electron chi connectivity index (χ3n) is 5.60. The molecule has 3 amide bonds. The molecule has 0 aliphatic carbocycles. The summed E-state index contributed by atoms with van der Waals surface area (Å²) < 4.78 is 2.02. The van der Waals surface area contributed by atoms with E-state index in [1.807, 2.05) is 42.1 Å². The standard InChI is InChI=1S/C23H25N5O3S/c1-27-18-9-4-3-8-16(18)26-21(27)17(11-14-32-2)25-19(29)10-6-13-28-22(30)15-7-5-12-24-20(15)23(28)31/h3-5,7-9,12,17H,6,10-11,13-14H2,1-2H3,(H,25,29). The summed E-state index contributed by atoms with van der Waals surface area (Å²) in [5.41, 5.74) is 2.42. The molecule has 1 unspecified atom stereocenters. The van der Waals surface area contributed by atoms with E-state index >= 15 is 0 Å². The SMILES string of the molecule is CSCCC(NC(=O)CCCN1C(=O)c2cccnc2C1=O)c1nc2ccccc2n1C. The molecule has 3 heterocycles. The van der Waals surface area contributed by atoms with E-state index < -0.39 is 5.91 Å². The lowest BCUT2D eigenvalue weighted by molar-refractivity contribution is -0.122. The Balaban J connectivity index is 1.38. The van der Waals surface area contributed by atoms with Crippen LogP contribution in [0.2, 0.25) is 0 Å². The first kappa shape index (κ1) is 22.0. The number of nitrogens with zero attached hydrogens (tertiary/aromatic N) is 4. The summed E-state index contributed by atoms with van der Waals surface area (Å²) in [4.78, 5) is 47.5. The number of imidazole rings is 1. The smallest absolute Gasteiger partial charge is 0.280 e. The van der Waals surface area contributed by atoms with E-state index in [-0.39, 0.29) is 36.5 Å². The second-order valence-corrected chi connectivity index (χ2v) is 8.67. The lowest BCUT2D eigenvalue weighted by Crippen LogP contribution is -2.33. The molecule has 1 aliphatic rings. The van der Waals surface area contributed by atoms with Gasteiger partial charge in [0.15, 0.2) is 0 Å². The van der Waals surface area contributed by atoms with Crippen LogP contribution in [0.25, 0.3) is 11.0 Å². The van der Waals surface area contributed by atoms with E-state index in [2.05, 4.69) is 10.3 Å². The van der Waals surface area contributed by atoms with Crippen molar-refractivity contribution in [3.8, 4) is 0 Å². The Morgan fingerprint density at radius 2 is 1.97 bits per heavy atom. The number of thioether (sulfide) groups is 1. The topological polar surface area (TPSA) is 97.2 Å². The van der Waals surface area contributed by atoms with Gasteiger partial charge >= 0.3 is 0 Å². The summed E-state index contributed by atoms with van der Waals surface area (Å²) in [6.07, 6.45) is 4.88. The maximum absolute atomic E-state index is 12.7. The molecule has 32 heavy (non-hydrogen) atoms. The van der Waals surface area contributed by atoms with Crippen molar-refractivity contribution >= 4 is 40.5 Å². The first-order valence-corrected chi connectivity index (χ1v) is 11.9. The summed E-state index contributed by atoms with van der Waals surface area (Å²) in [7, 11) is 1.96. The number of carbonyl (C=O) groups excluding carboxylic acids is 3. The number of nitrogens with one attached hydrogen (secondary N) is 1. The highest BCUT2D eigenvalue weighted by atomic mass is 32.2. The number of aryl methyl sites for hydroxylation is 1. The molecule has 8 nitrogen and oxygen atoms in total. The number of imide groups is 1. The van der Waals surface area contributed by atoms with Gasteiger partial charge in [-0.3, -0.25) is 24.3 Å². The number of fused-ring (bicyclic) bond motifs is 2. The Morgan fingerprint density at radius 1 is 1.16 bits per heavy atom. The molecule has 4 rings (SSSR count). The molecule has 3 aromatic rings. The lowest BCUT2D eigenvalue weighted by Gasteiger charge is -2.19. The molecule has 0 radical (unpaired) electrons. The zero-order valence-electron chi connectivity index (χ0n) is 18.1. The number of pyridine rings is 1. The van der Waals surface area contributed by atoms with Gasteiger partial charge in [-0.25, -0.2) is 4.98 Å². The lowest BCUT2D eigenvalue weighted by atomic mass is 10.2. The van der Waals surface area contributed by atoms with Crippen LogP contribution in [0.15, 0.2) is 42.6 Å². The highest BCUT2D eigenvalue weighted by Gasteiger charge is 2.36. The first-order chi connectivity index (χ1) is 15.5. The van der Waals surface area contributed by atoms with E-state index in [0.717, 1.165) is 29.0 Å². The zero-order chi connectivity index (χ0) is 22.7. The predicted molar refractivity (Wildman–Crippen MR) is 123 cm³/mol. The first-order valence-electron chi connectivity index (χ1n) is 10.5. The van der Waals surface area contributed by atoms with Crippen molar-refractivity contribution in [2.24, 2.45) is 7.05 Å². The van der Waals surface area contributed by atoms with Crippen LogP contribution in [0.5, 0.6) is 0 Å². The number of aromatic nitrogens is 3. The summed E-state index contributed by atoms with van der Waals surface area (Å²) in [5.74, 6) is 0.827. The van der Waals surface area contributed by atoms with E-state index in [1.165, 1.54) is 11.1 Å². The number of rotatable bonds is 9. The molecule has 1 aromatic carbocycles. The van der Waals surface area contributed by atoms with E-state index in [4.69, 9.17) is 4.98 Å². The molecule has 1 atom stereocenters. The number of carbonyl (C=O) groups is 3. The molecule has 1 aliphatic heterocycles. The van der Waals surface area contributed by atoms with E-state index in [1.54, 1.807) is 23.9 Å². The largest absolute Gasteiger partial charge is 0.346 e. The maximum Gasteiger partial charge on any atom is 0.280 e. The summed E-state index contributed by atoms with van der Waals surface area (Å²) >= 11 is 1.72. The maximum atomic E-state index is 12.7. The number of hydrogen-bond donors (Lipinski definition) is 1. The van der Waals surface area contributed by atoms with E-state index in [9.17, 15) is 14.4 Å². The Labute approximate surface area is 190 Å². The molecule has 0 saturated heterocycles. The quantitative estimate of drug-likeness (QED) is 0.503. The fraction of sp³-hybridized carbons (Fsp3) is 0.348. The Morgan fingerprint density at radius 3 is 2.72 bits per heavy atom. The minimum absolute atomic E-state index is 0.127. The van der Waals surface area contributed by atoms with Crippen molar-refractivity contribution in [2.45, 2.75) is 25.3 Å².